The number of halogens is 3. The summed E-state index contributed by atoms with van der Waals surface area (Å²) in [5.74, 6) is 0.412. The van der Waals surface area contributed by atoms with Gasteiger partial charge >= 0.3 is 5.97 Å². The topological polar surface area (TPSA) is 161 Å². The molecule has 1 aromatic carbocycles. The molecular formula is C32H36Br2ClN5O6S3. The number of sulfonamides is 2. The van der Waals surface area contributed by atoms with Gasteiger partial charge in [0.05, 0.1) is 16.1 Å². The van der Waals surface area contributed by atoms with Crippen molar-refractivity contribution >= 4 is 86.6 Å². The van der Waals surface area contributed by atoms with Gasteiger partial charge in [-0.15, -0.1) is 11.3 Å². The van der Waals surface area contributed by atoms with Gasteiger partial charge in [0.25, 0.3) is 10.0 Å². The van der Waals surface area contributed by atoms with Crippen molar-refractivity contribution in [3.8, 4) is 6.07 Å². The van der Waals surface area contributed by atoms with Crippen LogP contribution in [0.4, 0.5) is 5.82 Å². The molecule has 2 aliphatic heterocycles. The number of carboxylic acids is 1. The summed E-state index contributed by atoms with van der Waals surface area (Å²) >= 11 is 13.9. The predicted molar refractivity (Wildman–Crippen MR) is 196 cm³/mol. The molecule has 2 saturated heterocycles. The van der Waals surface area contributed by atoms with Crippen LogP contribution in [0.3, 0.4) is 0 Å². The fourth-order valence-electron chi connectivity index (χ4n) is 6.33. The van der Waals surface area contributed by atoms with E-state index in [9.17, 15) is 26.7 Å². The van der Waals surface area contributed by atoms with Crippen molar-refractivity contribution in [2.75, 3.05) is 31.1 Å². The Kier molecular flexibility index (Phi) is 12.8. The first kappa shape index (κ1) is 38.1. The van der Waals surface area contributed by atoms with Gasteiger partial charge in [0.2, 0.25) is 10.0 Å². The Bertz CT molecular complexity index is 1890. The maximum absolute atomic E-state index is 13.1. The van der Waals surface area contributed by atoms with Crippen LogP contribution in [0.25, 0.3) is 0 Å². The molecule has 49 heavy (non-hydrogen) atoms. The number of aromatic nitrogens is 1. The fourth-order valence-corrected chi connectivity index (χ4v) is 12.2. The number of carbonyl (C=O) groups is 1. The minimum atomic E-state index is -4.19. The van der Waals surface area contributed by atoms with Crippen molar-refractivity contribution in [3.05, 3.63) is 67.0 Å². The van der Waals surface area contributed by atoms with Gasteiger partial charge in [-0.2, -0.15) is 14.3 Å². The molecule has 0 saturated carbocycles. The monoisotopic (exact) mass is 875 g/mol. The normalized spacial score (nSPS) is 17.6. The molecule has 2 N–H and O–H groups in total. The van der Waals surface area contributed by atoms with E-state index in [1.165, 1.54) is 12.3 Å². The van der Waals surface area contributed by atoms with E-state index in [0.717, 1.165) is 69.4 Å². The van der Waals surface area contributed by atoms with E-state index in [4.69, 9.17) is 16.9 Å². The number of carboxylic acid groups (broad SMARTS) is 1. The van der Waals surface area contributed by atoms with Crippen LogP contribution in [0.2, 0.25) is 4.34 Å². The Morgan fingerprint density at radius 2 is 1.63 bits per heavy atom. The van der Waals surface area contributed by atoms with Crippen molar-refractivity contribution in [1.29, 1.82) is 5.26 Å². The summed E-state index contributed by atoms with van der Waals surface area (Å²) < 4.78 is 58.0. The molecule has 0 spiro atoms. The lowest BCUT2D eigenvalue weighted by Gasteiger charge is -2.34. The van der Waals surface area contributed by atoms with E-state index < -0.39 is 32.1 Å². The molecule has 0 radical (unpaired) electrons. The quantitative estimate of drug-likeness (QED) is 0.192. The highest BCUT2D eigenvalue weighted by Gasteiger charge is 2.32. The number of nitriles is 1. The average molecular weight is 878 g/mol. The molecule has 2 aliphatic rings. The van der Waals surface area contributed by atoms with E-state index >= 15 is 0 Å². The Hall–Kier alpha value is -2.10. The number of pyridine rings is 1. The summed E-state index contributed by atoms with van der Waals surface area (Å²) in [5.41, 5.74) is 1.00. The number of hydrogen-bond donors (Lipinski definition) is 2. The molecule has 0 bridgehead atoms. The Labute approximate surface area is 313 Å². The average Bonchev–Trinajstić information content (AvgIpc) is 3.43. The number of rotatable bonds is 13. The lowest BCUT2D eigenvalue weighted by molar-refractivity contribution is -0.138. The number of anilines is 1. The van der Waals surface area contributed by atoms with Crippen LogP contribution < -0.4 is 9.62 Å². The third-order valence-corrected chi connectivity index (χ3v) is 16.0. The number of nitrogens with one attached hydrogen (secondary N) is 1. The van der Waals surface area contributed by atoms with Crippen molar-refractivity contribution in [2.24, 2.45) is 11.8 Å². The van der Waals surface area contributed by atoms with Gasteiger partial charge in [-0.05, 0) is 106 Å². The third kappa shape index (κ3) is 9.62. The van der Waals surface area contributed by atoms with E-state index in [-0.39, 0.29) is 15.5 Å². The van der Waals surface area contributed by atoms with E-state index in [0.29, 0.717) is 55.2 Å². The second kappa shape index (κ2) is 16.5. The van der Waals surface area contributed by atoms with Crippen molar-refractivity contribution in [2.45, 2.75) is 66.5 Å². The van der Waals surface area contributed by atoms with E-state index in [2.05, 4.69) is 46.5 Å². The molecule has 0 amide bonds. The number of aliphatic carboxylic acids is 1. The zero-order valence-electron chi connectivity index (χ0n) is 26.4. The Morgan fingerprint density at radius 1 is 1.02 bits per heavy atom. The van der Waals surface area contributed by atoms with Crippen LogP contribution >= 0.6 is 54.8 Å². The van der Waals surface area contributed by atoms with Crippen LogP contribution in [0.15, 0.2) is 60.6 Å². The lowest BCUT2D eigenvalue weighted by atomic mass is 9.87. The van der Waals surface area contributed by atoms with Crippen LogP contribution in [-0.4, -0.2) is 69.4 Å². The van der Waals surface area contributed by atoms with Gasteiger partial charge in [0.1, 0.15) is 25.3 Å². The number of hydrogen-bond acceptors (Lipinski definition) is 9. The summed E-state index contributed by atoms with van der Waals surface area (Å²) in [6, 6.07) is 9.92. The molecule has 5 rings (SSSR count). The highest BCUT2D eigenvalue weighted by Crippen LogP contribution is 2.37. The van der Waals surface area contributed by atoms with Gasteiger partial charge in [0.15, 0.2) is 0 Å². The second-order valence-electron chi connectivity index (χ2n) is 12.4. The van der Waals surface area contributed by atoms with Gasteiger partial charge in [-0.3, -0.25) is 4.79 Å². The number of piperidine rings is 2. The lowest BCUT2D eigenvalue weighted by Crippen LogP contribution is -2.42. The molecule has 11 nitrogen and oxygen atoms in total. The smallest absolute Gasteiger partial charge is 0.322 e. The summed E-state index contributed by atoms with van der Waals surface area (Å²) in [7, 11) is -7.72. The minimum Gasteiger partial charge on any atom is -0.480 e. The maximum Gasteiger partial charge on any atom is 0.322 e. The summed E-state index contributed by atoms with van der Waals surface area (Å²) in [6.07, 6.45) is 8.13. The van der Waals surface area contributed by atoms with Gasteiger partial charge in [0, 0.05) is 36.8 Å². The van der Waals surface area contributed by atoms with E-state index in [1.54, 1.807) is 34.6 Å². The van der Waals surface area contributed by atoms with Crippen LogP contribution in [0, 0.1) is 23.2 Å². The predicted octanol–water partition coefficient (Wildman–Crippen LogP) is 6.65. The second-order valence-corrected chi connectivity index (χ2v) is 19.6. The van der Waals surface area contributed by atoms with Crippen molar-refractivity contribution in [1.82, 2.24) is 14.0 Å². The first-order chi connectivity index (χ1) is 23.3. The molecule has 4 heterocycles. The largest absolute Gasteiger partial charge is 0.480 e. The maximum atomic E-state index is 13.1. The molecule has 2 aromatic heterocycles. The molecule has 17 heteroatoms. The molecule has 264 valence electrons. The van der Waals surface area contributed by atoms with Crippen LogP contribution in [-0.2, 0) is 31.3 Å². The Balaban J connectivity index is 1.07. The van der Waals surface area contributed by atoms with Crippen LogP contribution in [0.5, 0.6) is 0 Å². The fraction of sp³-hybridized carbons (Fsp3) is 0.469. The Morgan fingerprint density at radius 3 is 2.16 bits per heavy atom. The first-order valence-electron chi connectivity index (χ1n) is 15.9. The zero-order valence-corrected chi connectivity index (χ0v) is 32.8. The molecule has 1 unspecified atom stereocenters. The summed E-state index contributed by atoms with van der Waals surface area (Å²) in [4.78, 5) is 18.3. The molecule has 1 atom stereocenters. The molecule has 3 aromatic rings. The summed E-state index contributed by atoms with van der Waals surface area (Å²) in [6.45, 7) is 2.61. The molecule has 2 fully saturated rings. The van der Waals surface area contributed by atoms with Crippen molar-refractivity contribution < 1.29 is 26.7 Å². The minimum absolute atomic E-state index is 0.0873. The van der Waals surface area contributed by atoms with Gasteiger partial charge in [-0.25, -0.2) is 21.8 Å². The van der Waals surface area contributed by atoms with Crippen LogP contribution in [0.1, 0.15) is 56.1 Å². The standard InChI is InChI=1S/C32H36Br2ClN5O6S3/c33-26-18-29(47-30(26)35)49(45,46)40-14-10-22(11-15-40)3-1-2-21-8-12-39(13-9-21)31-27(34)17-25(20-37-31)48(43,44)38-28(32(41)42)16-23-4-6-24(19-36)7-5-23/h4-7,17-18,20-22,28,38H,1-3,8-16H2,(H,41,42). The van der Waals surface area contributed by atoms with Gasteiger partial charge < -0.3 is 10.0 Å². The number of benzene rings is 1. The van der Waals surface area contributed by atoms with Crippen molar-refractivity contribution in [3.63, 3.8) is 0 Å². The highest BCUT2D eigenvalue weighted by atomic mass is 79.9. The first-order valence-corrected chi connectivity index (χ1v) is 21.6. The third-order valence-electron chi connectivity index (χ3n) is 9.15. The summed E-state index contributed by atoms with van der Waals surface area (Å²) in [5, 5.41) is 18.7. The molecule has 0 aliphatic carbocycles. The highest BCUT2D eigenvalue weighted by molar-refractivity contribution is 9.11. The zero-order chi connectivity index (χ0) is 35.3. The SMILES string of the molecule is N#Cc1ccc(CC(NS(=O)(=O)c2cnc(N3CCC(CCCC4CCN(S(=O)(=O)c5cc(Br)c(Cl)s5)CC4)CC3)c(Br)c2)C(=O)O)cc1. The number of nitrogens with zero attached hydrogens (tertiary/aromatic N) is 4. The van der Waals surface area contributed by atoms with Gasteiger partial charge in [-0.1, -0.05) is 43.0 Å². The van der Waals surface area contributed by atoms with E-state index in [1.807, 2.05) is 6.07 Å². The molecular weight excluding hydrogens is 842 g/mol. The number of thiophene rings is 1.